The Morgan fingerprint density at radius 2 is 1.54 bits per heavy atom. The van der Waals surface area contributed by atoms with E-state index in [1.807, 2.05) is 61.5 Å². The van der Waals surface area contributed by atoms with E-state index in [1.165, 1.54) is 0 Å². The maximum Gasteiger partial charge on any atom is 0.262 e. The quantitative estimate of drug-likeness (QED) is 0.309. The third-order valence-electron chi connectivity index (χ3n) is 5.38. The first kappa shape index (κ1) is 26.4. The number of methoxy groups -OCH3 is 3. The van der Waals surface area contributed by atoms with Gasteiger partial charge in [-0.2, -0.15) is 0 Å². The largest absolute Gasteiger partial charge is 0.493 e. The molecule has 7 nitrogen and oxygen atoms in total. The van der Waals surface area contributed by atoms with Gasteiger partial charge in [0.15, 0.2) is 29.6 Å². The summed E-state index contributed by atoms with van der Waals surface area (Å²) < 4.78 is 22.8. The fraction of sp³-hybridized carbons (Fsp3) is 0.296. The number of hydrogen-bond acceptors (Lipinski definition) is 6. The fourth-order valence-electron chi connectivity index (χ4n) is 3.45. The van der Waals surface area contributed by atoms with Gasteiger partial charge in [-0.05, 0) is 67.4 Å². The van der Waals surface area contributed by atoms with E-state index >= 15 is 0 Å². The zero-order valence-corrected chi connectivity index (χ0v) is 22.0. The van der Waals surface area contributed by atoms with E-state index in [0.717, 1.165) is 51.3 Å². The van der Waals surface area contributed by atoms with Crippen LogP contribution in [0.5, 0.6) is 23.0 Å². The smallest absolute Gasteiger partial charge is 0.262 e. The van der Waals surface area contributed by atoms with Crippen LogP contribution in [0.15, 0.2) is 59.1 Å². The van der Waals surface area contributed by atoms with Crippen molar-refractivity contribution >= 4 is 27.5 Å². The summed E-state index contributed by atoms with van der Waals surface area (Å²) in [6.07, 6.45) is 0.840. The molecule has 8 heteroatoms. The van der Waals surface area contributed by atoms with Gasteiger partial charge in [-0.1, -0.05) is 39.7 Å². The van der Waals surface area contributed by atoms with E-state index in [0.29, 0.717) is 18.0 Å². The molecule has 2 N–H and O–H groups in total. The summed E-state index contributed by atoms with van der Waals surface area (Å²) in [4.78, 5) is 12.3. The first-order chi connectivity index (χ1) is 16.9. The van der Waals surface area contributed by atoms with E-state index in [1.54, 1.807) is 21.3 Å². The molecule has 0 fully saturated rings. The molecule has 3 rings (SSSR count). The van der Waals surface area contributed by atoms with Crippen LogP contribution in [0, 0.1) is 6.92 Å². The third kappa shape index (κ3) is 7.63. The van der Waals surface area contributed by atoms with Gasteiger partial charge in [0.25, 0.3) is 5.91 Å². The molecular weight excluding hydrogens is 512 g/mol. The molecule has 0 saturated heterocycles. The number of rotatable bonds is 12. The summed E-state index contributed by atoms with van der Waals surface area (Å²) in [5, 5.41) is 6.27. The van der Waals surface area contributed by atoms with E-state index in [-0.39, 0.29) is 12.5 Å². The summed E-state index contributed by atoms with van der Waals surface area (Å²) in [5.41, 5.74) is 4.03. The lowest BCUT2D eigenvalue weighted by atomic mass is 10.1. The topological polar surface area (TPSA) is 78.0 Å². The first-order valence-corrected chi connectivity index (χ1v) is 12.0. The highest BCUT2D eigenvalue weighted by Gasteiger charge is 2.13. The lowest BCUT2D eigenvalue weighted by Gasteiger charge is -2.15. The predicted octanol–water partition coefficient (Wildman–Crippen LogP) is 5.13. The minimum absolute atomic E-state index is 0.125. The van der Waals surface area contributed by atoms with Gasteiger partial charge in [0, 0.05) is 16.7 Å². The zero-order valence-electron chi connectivity index (χ0n) is 20.4. The molecule has 0 heterocycles. The van der Waals surface area contributed by atoms with Crippen molar-refractivity contribution in [3.05, 3.63) is 75.8 Å². The SMILES string of the molecule is COc1ccc(CCNCc2cc(OC)c(OCC(=O)Nc3ccc(C)cc3)cc2Br)cc1OC. The van der Waals surface area contributed by atoms with Crippen LogP contribution in [0.25, 0.3) is 0 Å². The van der Waals surface area contributed by atoms with Crippen molar-refractivity contribution in [1.29, 1.82) is 0 Å². The molecule has 0 aliphatic carbocycles. The Labute approximate surface area is 214 Å². The van der Waals surface area contributed by atoms with Gasteiger partial charge >= 0.3 is 0 Å². The van der Waals surface area contributed by atoms with Gasteiger partial charge in [0.2, 0.25) is 0 Å². The highest BCUT2D eigenvalue weighted by molar-refractivity contribution is 9.10. The summed E-state index contributed by atoms with van der Waals surface area (Å²) in [7, 11) is 4.84. The Morgan fingerprint density at radius 3 is 2.23 bits per heavy atom. The number of ether oxygens (including phenoxy) is 4. The second kappa shape index (κ2) is 13.0. The second-order valence-corrected chi connectivity index (χ2v) is 8.77. The van der Waals surface area contributed by atoms with Crippen LogP contribution in [-0.4, -0.2) is 40.4 Å². The molecule has 0 unspecified atom stereocenters. The number of amides is 1. The number of hydrogen-bond donors (Lipinski definition) is 2. The fourth-order valence-corrected chi connectivity index (χ4v) is 3.92. The minimum atomic E-state index is -0.243. The van der Waals surface area contributed by atoms with Gasteiger partial charge < -0.3 is 29.6 Å². The van der Waals surface area contributed by atoms with Gasteiger partial charge in [-0.15, -0.1) is 0 Å². The van der Waals surface area contributed by atoms with Crippen LogP contribution < -0.4 is 29.6 Å². The molecule has 0 saturated carbocycles. The van der Waals surface area contributed by atoms with Crippen molar-refractivity contribution in [3.63, 3.8) is 0 Å². The number of carbonyl (C=O) groups is 1. The number of anilines is 1. The zero-order chi connectivity index (χ0) is 25.2. The normalized spacial score (nSPS) is 10.5. The number of aryl methyl sites for hydroxylation is 1. The Kier molecular flexibility index (Phi) is 9.81. The monoisotopic (exact) mass is 542 g/mol. The Hall–Kier alpha value is -3.23. The Balaban J connectivity index is 1.53. The predicted molar refractivity (Wildman–Crippen MR) is 141 cm³/mol. The van der Waals surface area contributed by atoms with Crippen LogP contribution in [0.1, 0.15) is 16.7 Å². The molecule has 186 valence electrons. The van der Waals surface area contributed by atoms with Crippen LogP contribution in [0.3, 0.4) is 0 Å². The summed E-state index contributed by atoms with van der Waals surface area (Å²) in [6, 6.07) is 17.3. The highest BCUT2D eigenvalue weighted by atomic mass is 79.9. The molecule has 0 atom stereocenters. The molecule has 0 aliphatic rings. The maximum absolute atomic E-state index is 12.3. The van der Waals surface area contributed by atoms with Crippen molar-refractivity contribution in [2.24, 2.45) is 0 Å². The van der Waals surface area contributed by atoms with Crippen LogP contribution in [0.4, 0.5) is 5.69 Å². The van der Waals surface area contributed by atoms with Crippen molar-refractivity contribution in [1.82, 2.24) is 5.32 Å². The third-order valence-corrected chi connectivity index (χ3v) is 6.12. The molecule has 0 radical (unpaired) electrons. The number of halogens is 1. The van der Waals surface area contributed by atoms with Gasteiger partial charge in [0.05, 0.1) is 21.3 Å². The van der Waals surface area contributed by atoms with Crippen molar-refractivity contribution in [2.45, 2.75) is 19.9 Å². The molecule has 3 aromatic carbocycles. The molecule has 3 aromatic rings. The molecular formula is C27H31BrN2O5. The average Bonchev–Trinajstić information content (AvgIpc) is 2.87. The van der Waals surface area contributed by atoms with E-state index in [4.69, 9.17) is 18.9 Å². The van der Waals surface area contributed by atoms with Gasteiger partial charge in [-0.25, -0.2) is 0 Å². The average molecular weight is 543 g/mol. The second-order valence-electron chi connectivity index (χ2n) is 7.91. The van der Waals surface area contributed by atoms with Crippen molar-refractivity contribution in [3.8, 4) is 23.0 Å². The Bertz CT molecular complexity index is 1140. The van der Waals surface area contributed by atoms with Gasteiger partial charge in [0.1, 0.15) is 0 Å². The molecule has 0 spiro atoms. The minimum Gasteiger partial charge on any atom is -0.493 e. The summed E-state index contributed by atoms with van der Waals surface area (Å²) >= 11 is 3.60. The van der Waals surface area contributed by atoms with E-state index in [9.17, 15) is 4.79 Å². The standard InChI is InChI=1S/C27H31BrN2O5/c1-18-5-8-21(9-6-18)30-27(31)17-35-26-15-22(28)20(14-25(26)34-4)16-29-12-11-19-7-10-23(32-2)24(13-19)33-3/h5-10,13-15,29H,11-12,16-17H2,1-4H3,(H,30,31). The van der Waals surface area contributed by atoms with E-state index < -0.39 is 0 Å². The van der Waals surface area contributed by atoms with Crippen molar-refractivity contribution < 1.29 is 23.7 Å². The molecule has 0 bridgehead atoms. The van der Waals surface area contributed by atoms with Crippen molar-refractivity contribution in [2.75, 3.05) is 39.8 Å². The maximum atomic E-state index is 12.3. The van der Waals surface area contributed by atoms with Gasteiger partial charge in [-0.3, -0.25) is 4.79 Å². The van der Waals surface area contributed by atoms with E-state index in [2.05, 4.69) is 26.6 Å². The summed E-state index contributed by atoms with van der Waals surface area (Å²) in [5.74, 6) is 2.25. The van der Waals surface area contributed by atoms with Crippen LogP contribution >= 0.6 is 15.9 Å². The lowest BCUT2D eigenvalue weighted by molar-refractivity contribution is -0.118. The molecule has 35 heavy (non-hydrogen) atoms. The molecule has 0 aliphatic heterocycles. The number of benzene rings is 3. The highest BCUT2D eigenvalue weighted by Crippen LogP contribution is 2.33. The first-order valence-electron chi connectivity index (χ1n) is 11.2. The number of carbonyl (C=O) groups excluding carboxylic acids is 1. The summed E-state index contributed by atoms with van der Waals surface area (Å²) in [6.45, 7) is 3.29. The molecule has 0 aromatic heterocycles. The number of nitrogens with one attached hydrogen (secondary N) is 2. The molecule has 1 amide bonds. The van der Waals surface area contributed by atoms with Crippen LogP contribution in [-0.2, 0) is 17.8 Å². The van der Waals surface area contributed by atoms with Crippen LogP contribution in [0.2, 0.25) is 0 Å². The Morgan fingerprint density at radius 1 is 0.857 bits per heavy atom. The lowest BCUT2D eigenvalue weighted by Crippen LogP contribution is -2.20.